The Hall–Kier alpha value is -0.940. The standard InChI is InChI=1S/C15H25N3OS/c1-4-13-17-12(3)14(20-13)15(19)16-8-10-18-9-6-5-7-11(18)2/h11H,4-10H2,1-3H3,(H,16,19). The highest BCUT2D eigenvalue weighted by atomic mass is 32.1. The summed E-state index contributed by atoms with van der Waals surface area (Å²) >= 11 is 1.52. The third-order valence-electron chi connectivity index (χ3n) is 3.97. The molecule has 2 rings (SSSR count). The largest absolute Gasteiger partial charge is 0.350 e. The second-order valence-electron chi connectivity index (χ2n) is 5.51. The Bertz CT molecular complexity index is 458. The normalized spacial score (nSPS) is 20.1. The first-order valence-electron chi connectivity index (χ1n) is 7.60. The van der Waals surface area contributed by atoms with Gasteiger partial charge in [-0.2, -0.15) is 0 Å². The summed E-state index contributed by atoms with van der Waals surface area (Å²) in [5.41, 5.74) is 0.857. The van der Waals surface area contributed by atoms with E-state index < -0.39 is 0 Å². The average Bonchev–Trinajstić information content (AvgIpc) is 2.82. The molecule has 0 bridgehead atoms. The van der Waals surface area contributed by atoms with Crippen LogP contribution in [0.4, 0.5) is 0 Å². The first-order chi connectivity index (χ1) is 9.61. The van der Waals surface area contributed by atoms with E-state index in [0.717, 1.165) is 41.6 Å². The fourth-order valence-electron chi connectivity index (χ4n) is 2.70. The van der Waals surface area contributed by atoms with E-state index in [0.29, 0.717) is 6.04 Å². The van der Waals surface area contributed by atoms with Gasteiger partial charge >= 0.3 is 0 Å². The Morgan fingerprint density at radius 1 is 1.50 bits per heavy atom. The molecule has 1 aromatic heterocycles. The van der Waals surface area contributed by atoms with Crippen LogP contribution in [0, 0.1) is 6.92 Å². The van der Waals surface area contributed by atoms with Crippen LogP contribution in [0.5, 0.6) is 0 Å². The van der Waals surface area contributed by atoms with Gasteiger partial charge in [0.1, 0.15) is 4.88 Å². The lowest BCUT2D eigenvalue weighted by Gasteiger charge is -2.33. The van der Waals surface area contributed by atoms with E-state index in [2.05, 4.69) is 29.0 Å². The molecule has 1 atom stereocenters. The van der Waals surface area contributed by atoms with Crippen LogP contribution in [0.15, 0.2) is 0 Å². The van der Waals surface area contributed by atoms with Crippen LogP contribution in [-0.4, -0.2) is 41.5 Å². The number of nitrogens with one attached hydrogen (secondary N) is 1. The van der Waals surface area contributed by atoms with Gasteiger partial charge in [-0.3, -0.25) is 9.69 Å². The number of aryl methyl sites for hydroxylation is 2. The molecule has 112 valence electrons. The average molecular weight is 295 g/mol. The van der Waals surface area contributed by atoms with Gasteiger partial charge in [-0.15, -0.1) is 11.3 Å². The molecule has 1 aliphatic rings. The summed E-state index contributed by atoms with van der Waals surface area (Å²) in [5.74, 6) is 0.0318. The van der Waals surface area contributed by atoms with Crippen LogP contribution in [-0.2, 0) is 6.42 Å². The Morgan fingerprint density at radius 3 is 2.95 bits per heavy atom. The predicted molar refractivity (Wildman–Crippen MR) is 83.4 cm³/mol. The Morgan fingerprint density at radius 2 is 2.30 bits per heavy atom. The minimum Gasteiger partial charge on any atom is -0.350 e. The molecular weight excluding hydrogens is 270 g/mol. The van der Waals surface area contributed by atoms with Crippen molar-refractivity contribution >= 4 is 17.2 Å². The third-order valence-corrected chi connectivity index (χ3v) is 5.28. The molecule has 1 aliphatic heterocycles. The summed E-state index contributed by atoms with van der Waals surface area (Å²) in [6, 6.07) is 0.650. The van der Waals surface area contributed by atoms with E-state index in [1.807, 2.05) is 6.92 Å². The molecule has 1 N–H and O–H groups in total. The van der Waals surface area contributed by atoms with Gasteiger partial charge in [0, 0.05) is 19.1 Å². The number of hydrogen-bond acceptors (Lipinski definition) is 4. The SMILES string of the molecule is CCc1nc(C)c(C(=O)NCCN2CCCCC2C)s1. The topological polar surface area (TPSA) is 45.2 Å². The molecule has 0 spiro atoms. The molecule has 1 unspecified atom stereocenters. The maximum atomic E-state index is 12.2. The molecule has 0 aromatic carbocycles. The van der Waals surface area contributed by atoms with Crippen molar-refractivity contribution in [1.29, 1.82) is 0 Å². The zero-order valence-electron chi connectivity index (χ0n) is 12.7. The number of piperidine rings is 1. The molecule has 0 saturated carbocycles. The lowest BCUT2D eigenvalue weighted by atomic mass is 10.0. The molecule has 1 fully saturated rings. The molecule has 2 heterocycles. The van der Waals surface area contributed by atoms with Gasteiger partial charge in [0.05, 0.1) is 10.7 Å². The molecule has 0 radical (unpaired) electrons. The number of rotatable bonds is 5. The van der Waals surface area contributed by atoms with Crippen LogP contribution in [0.3, 0.4) is 0 Å². The zero-order chi connectivity index (χ0) is 14.5. The second-order valence-corrected chi connectivity index (χ2v) is 6.60. The summed E-state index contributed by atoms with van der Waals surface area (Å²) in [4.78, 5) is 19.8. The lowest BCUT2D eigenvalue weighted by Crippen LogP contribution is -2.42. The molecular formula is C15H25N3OS. The summed E-state index contributed by atoms with van der Waals surface area (Å²) in [6.45, 7) is 9.10. The first-order valence-corrected chi connectivity index (χ1v) is 8.42. The summed E-state index contributed by atoms with van der Waals surface area (Å²) < 4.78 is 0. The summed E-state index contributed by atoms with van der Waals surface area (Å²) in [6.07, 6.45) is 4.79. The van der Waals surface area contributed by atoms with Gasteiger partial charge in [-0.05, 0) is 39.7 Å². The van der Waals surface area contributed by atoms with Gasteiger partial charge in [0.2, 0.25) is 0 Å². The van der Waals surface area contributed by atoms with E-state index in [-0.39, 0.29) is 5.91 Å². The lowest BCUT2D eigenvalue weighted by molar-refractivity contribution is 0.0941. The number of aromatic nitrogens is 1. The fraction of sp³-hybridized carbons (Fsp3) is 0.733. The molecule has 4 nitrogen and oxygen atoms in total. The minimum absolute atomic E-state index is 0.0318. The highest BCUT2D eigenvalue weighted by Gasteiger charge is 2.18. The molecule has 5 heteroatoms. The van der Waals surface area contributed by atoms with Crippen LogP contribution in [0.2, 0.25) is 0 Å². The molecule has 1 saturated heterocycles. The Labute approximate surface area is 125 Å². The summed E-state index contributed by atoms with van der Waals surface area (Å²) in [5, 5.41) is 4.07. The van der Waals surface area contributed by atoms with E-state index in [1.165, 1.54) is 30.6 Å². The number of hydrogen-bond donors (Lipinski definition) is 1. The molecule has 1 aromatic rings. The molecule has 0 aliphatic carbocycles. The van der Waals surface area contributed by atoms with Crippen LogP contribution in [0.25, 0.3) is 0 Å². The number of thiazole rings is 1. The smallest absolute Gasteiger partial charge is 0.263 e. The number of amides is 1. The molecule has 1 amide bonds. The van der Waals surface area contributed by atoms with Gasteiger partial charge < -0.3 is 5.32 Å². The van der Waals surface area contributed by atoms with E-state index in [9.17, 15) is 4.79 Å². The van der Waals surface area contributed by atoms with Crippen LogP contribution < -0.4 is 5.32 Å². The predicted octanol–water partition coefficient (Wildman–Crippen LogP) is 2.62. The van der Waals surface area contributed by atoms with Crippen molar-refractivity contribution in [1.82, 2.24) is 15.2 Å². The minimum atomic E-state index is 0.0318. The summed E-state index contributed by atoms with van der Waals surface area (Å²) in [7, 11) is 0. The van der Waals surface area contributed by atoms with E-state index in [4.69, 9.17) is 0 Å². The van der Waals surface area contributed by atoms with E-state index >= 15 is 0 Å². The number of carbonyl (C=O) groups is 1. The maximum absolute atomic E-state index is 12.2. The van der Waals surface area contributed by atoms with E-state index in [1.54, 1.807) is 0 Å². The van der Waals surface area contributed by atoms with Crippen molar-refractivity contribution in [2.45, 2.75) is 52.5 Å². The number of likely N-dealkylation sites (tertiary alicyclic amines) is 1. The quantitative estimate of drug-likeness (QED) is 0.908. The van der Waals surface area contributed by atoms with Crippen molar-refractivity contribution < 1.29 is 4.79 Å². The van der Waals surface area contributed by atoms with Gasteiger partial charge in [-0.1, -0.05) is 13.3 Å². The monoisotopic (exact) mass is 295 g/mol. The Kier molecular flexibility index (Phi) is 5.54. The van der Waals surface area contributed by atoms with Crippen molar-refractivity contribution in [2.75, 3.05) is 19.6 Å². The molecule has 20 heavy (non-hydrogen) atoms. The Balaban J connectivity index is 1.81. The van der Waals surface area contributed by atoms with Gasteiger partial charge in [-0.25, -0.2) is 4.98 Å². The van der Waals surface area contributed by atoms with Crippen LogP contribution in [0.1, 0.15) is 53.5 Å². The fourth-order valence-corrected chi connectivity index (χ4v) is 3.62. The van der Waals surface area contributed by atoms with Crippen molar-refractivity contribution in [3.05, 3.63) is 15.6 Å². The maximum Gasteiger partial charge on any atom is 0.263 e. The van der Waals surface area contributed by atoms with Crippen molar-refractivity contribution in [3.63, 3.8) is 0 Å². The zero-order valence-corrected chi connectivity index (χ0v) is 13.6. The highest BCUT2D eigenvalue weighted by molar-refractivity contribution is 7.13. The number of carbonyl (C=O) groups excluding carboxylic acids is 1. The van der Waals surface area contributed by atoms with Crippen molar-refractivity contribution in [3.8, 4) is 0 Å². The third kappa shape index (κ3) is 3.79. The number of nitrogens with zero attached hydrogens (tertiary/aromatic N) is 2. The second kappa shape index (κ2) is 7.18. The highest BCUT2D eigenvalue weighted by Crippen LogP contribution is 2.18. The van der Waals surface area contributed by atoms with Gasteiger partial charge in [0.15, 0.2) is 0 Å². The van der Waals surface area contributed by atoms with Crippen LogP contribution >= 0.6 is 11.3 Å². The van der Waals surface area contributed by atoms with Crippen molar-refractivity contribution in [2.24, 2.45) is 0 Å². The first kappa shape index (κ1) is 15.4. The van der Waals surface area contributed by atoms with Gasteiger partial charge in [0.25, 0.3) is 5.91 Å².